The topological polar surface area (TPSA) is 131 Å². The second-order valence-corrected chi connectivity index (χ2v) is 6.29. The Morgan fingerprint density at radius 1 is 1.28 bits per heavy atom. The highest BCUT2D eigenvalue weighted by Crippen LogP contribution is 2.24. The van der Waals surface area contributed by atoms with Crippen LogP contribution in [0.1, 0.15) is 31.1 Å². The van der Waals surface area contributed by atoms with Crippen LogP contribution in [0.4, 0.5) is 5.69 Å². The summed E-state index contributed by atoms with van der Waals surface area (Å²) in [6, 6.07) is 3.94. The number of hydrogen-bond acceptors (Lipinski definition) is 6. The van der Waals surface area contributed by atoms with Gasteiger partial charge >= 0.3 is 5.97 Å². The minimum absolute atomic E-state index is 0.0135. The van der Waals surface area contributed by atoms with E-state index in [-0.39, 0.29) is 16.6 Å². The van der Waals surface area contributed by atoms with Crippen molar-refractivity contribution >= 4 is 34.3 Å². The maximum Gasteiger partial charge on any atom is 0.325 e. The van der Waals surface area contributed by atoms with Crippen LogP contribution in [0.15, 0.2) is 24.4 Å². The van der Waals surface area contributed by atoms with Gasteiger partial charge in [-0.2, -0.15) is 0 Å². The molecule has 0 unspecified atom stereocenters. The number of aromatic nitrogens is 1. The van der Waals surface area contributed by atoms with Gasteiger partial charge in [-0.1, -0.05) is 0 Å². The van der Waals surface area contributed by atoms with E-state index in [1.807, 2.05) is 0 Å². The fourth-order valence-electron chi connectivity index (χ4n) is 2.14. The number of esters is 1. The first-order chi connectivity index (χ1) is 11.6. The highest BCUT2D eigenvalue weighted by molar-refractivity contribution is 6.45. The van der Waals surface area contributed by atoms with E-state index in [1.165, 1.54) is 24.4 Å². The van der Waals surface area contributed by atoms with Gasteiger partial charge in [0.1, 0.15) is 12.1 Å². The molecule has 1 amide bonds. The summed E-state index contributed by atoms with van der Waals surface area (Å²) < 4.78 is 5.02. The van der Waals surface area contributed by atoms with Gasteiger partial charge in [-0.3, -0.25) is 24.5 Å². The van der Waals surface area contributed by atoms with Gasteiger partial charge in [0, 0.05) is 29.2 Å². The number of ether oxygens (including phenoxy) is 1. The van der Waals surface area contributed by atoms with Gasteiger partial charge in [0.05, 0.1) is 10.5 Å². The predicted molar refractivity (Wildman–Crippen MR) is 88.1 cm³/mol. The molecule has 2 aromatic rings. The zero-order chi connectivity index (χ0) is 18.8. The maximum atomic E-state index is 12.2. The van der Waals surface area contributed by atoms with E-state index >= 15 is 0 Å². The number of nitro benzene ring substituents is 1. The van der Waals surface area contributed by atoms with Crippen LogP contribution >= 0.6 is 0 Å². The molecule has 1 aromatic heterocycles. The van der Waals surface area contributed by atoms with Gasteiger partial charge in [0.25, 0.3) is 17.4 Å². The minimum atomic E-state index is -1.00. The highest BCUT2D eigenvalue weighted by Gasteiger charge is 2.23. The Kier molecular flexibility index (Phi) is 4.87. The zero-order valence-corrected chi connectivity index (χ0v) is 13.9. The molecule has 2 N–H and O–H groups in total. The molecule has 1 heterocycles. The molecule has 0 saturated carbocycles. The normalized spacial score (nSPS) is 11.2. The molecule has 0 fully saturated rings. The van der Waals surface area contributed by atoms with Crippen LogP contribution < -0.4 is 5.32 Å². The number of amides is 1. The first-order valence-corrected chi connectivity index (χ1v) is 7.38. The third kappa shape index (κ3) is 4.40. The van der Waals surface area contributed by atoms with E-state index in [4.69, 9.17) is 4.74 Å². The number of hydrogen-bond donors (Lipinski definition) is 2. The van der Waals surface area contributed by atoms with E-state index in [2.05, 4.69) is 10.3 Å². The Bertz CT molecular complexity index is 862. The molecule has 0 bridgehead atoms. The molecule has 1 aromatic carbocycles. The van der Waals surface area contributed by atoms with Crippen molar-refractivity contribution in [1.82, 2.24) is 10.3 Å². The highest BCUT2D eigenvalue weighted by atomic mass is 16.6. The smallest absolute Gasteiger partial charge is 0.325 e. The number of aromatic amines is 1. The second kappa shape index (κ2) is 6.71. The van der Waals surface area contributed by atoms with Gasteiger partial charge < -0.3 is 15.0 Å². The molecule has 9 nitrogen and oxygen atoms in total. The molecular weight excluding hydrogens is 330 g/mol. The number of ketones is 1. The molecule has 0 saturated heterocycles. The van der Waals surface area contributed by atoms with Crippen molar-refractivity contribution in [2.24, 2.45) is 0 Å². The Hall–Kier alpha value is -3.23. The molecule has 2 rings (SSSR count). The Balaban J connectivity index is 2.13. The molecule has 25 heavy (non-hydrogen) atoms. The van der Waals surface area contributed by atoms with Crippen molar-refractivity contribution in [2.75, 3.05) is 6.54 Å². The second-order valence-electron chi connectivity index (χ2n) is 6.29. The van der Waals surface area contributed by atoms with Crippen molar-refractivity contribution in [3.8, 4) is 0 Å². The number of non-ortho nitro benzene ring substituents is 1. The average molecular weight is 347 g/mol. The van der Waals surface area contributed by atoms with Gasteiger partial charge in [0.2, 0.25) is 0 Å². The number of fused-ring (bicyclic) bond motifs is 1. The fraction of sp³-hybridized carbons (Fsp3) is 0.312. The van der Waals surface area contributed by atoms with Crippen LogP contribution in [0.25, 0.3) is 10.9 Å². The van der Waals surface area contributed by atoms with E-state index < -0.39 is 34.7 Å². The summed E-state index contributed by atoms with van der Waals surface area (Å²) in [4.78, 5) is 48.8. The number of nitro groups is 1. The maximum absolute atomic E-state index is 12.2. The summed E-state index contributed by atoms with van der Waals surface area (Å²) in [5, 5.41) is 13.3. The number of Topliss-reactive ketones (excluding diaryl/α,β-unsaturated/α-hetero) is 1. The molecule has 0 aliphatic heterocycles. The number of carbonyl (C=O) groups excluding carboxylic acids is 3. The fourth-order valence-corrected chi connectivity index (χ4v) is 2.14. The quantitative estimate of drug-likeness (QED) is 0.278. The molecule has 0 aliphatic carbocycles. The van der Waals surface area contributed by atoms with Crippen LogP contribution in [-0.4, -0.2) is 39.7 Å². The SMILES string of the molecule is CC(C)(C)OC(=O)CNC(=O)C(=O)c1c[nH]c2ccc([N+](=O)[O-])cc12. The Labute approximate surface area is 142 Å². The largest absolute Gasteiger partial charge is 0.459 e. The third-order valence-electron chi connectivity index (χ3n) is 3.14. The Morgan fingerprint density at radius 3 is 2.56 bits per heavy atom. The average Bonchev–Trinajstić information content (AvgIpc) is 2.93. The van der Waals surface area contributed by atoms with Crippen molar-refractivity contribution in [3.05, 3.63) is 40.1 Å². The summed E-state index contributed by atoms with van der Waals surface area (Å²) in [7, 11) is 0. The molecule has 9 heteroatoms. The van der Waals surface area contributed by atoms with E-state index in [0.29, 0.717) is 5.52 Å². The summed E-state index contributed by atoms with van der Waals surface area (Å²) in [6.45, 7) is 4.58. The van der Waals surface area contributed by atoms with Crippen LogP contribution in [0.3, 0.4) is 0 Å². The monoisotopic (exact) mass is 347 g/mol. The number of H-pyrrole nitrogens is 1. The molecule has 0 radical (unpaired) electrons. The molecule has 0 atom stereocenters. The minimum Gasteiger partial charge on any atom is -0.459 e. The lowest BCUT2D eigenvalue weighted by Gasteiger charge is -2.19. The number of benzene rings is 1. The summed E-state index contributed by atoms with van der Waals surface area (Å²) in [5.74, 6) is -2.59. The van der Waals surface area contributed by atoms with E-state index in [9.17, 15) is 24.5 Å². The number of rotatable bonds is 5. The number of nitrogens with one attached hydrogen (secondary N) is 2. The van der Waals surface area contributed by atoms with Crippen LogP contribution in [-0.2, 0) is 14.3 Å². The van der Waals surface area contributed by atoms with Gasteiger partial charge in [-0.15, -0.1) is 0 Å². The van der Waals surface area contributed by atoms with Crippen molar-refractivity contribution < 1.29 is 24.0 Å². The van der Waals surface area contributed by atoms with Crippen LogP contribution in [0.2, 0.25) is 0 Å². The summed E-state index contributed by atoms with van der Waals surface area (Å²) in [6.07, 6.45) is 1.30. The molecule has 0 aliphatic rings. The Morgan fingerprint density at radius 2 is 1.96 bits per heavy atom. The van der Waals surface area contributed by atoms with Crippen LogP contribution in [0.5, 0.6) is 0 Å². The molecular formula is C16H17N3O6. The third-order valence-corrected chi connectivity index (χ3v) is 3.14. The zero-order valence-electron chi connectivity index (χ0n) is 13.9. The van der Waals surface area contributed by atoms with Crippen molar-refractivity contribution in [2.45, 2.75) is 26.4 Å². The standard InChI is InChI=1S/C16H17N3O6/c1-16(2,3)25-13(20)8-18-15(22)14(21)11-7-17-12-5-4-9(19(23)24)6-10(11)12/h4-7,17H,8H2,1-3H3,(H,18,22). The molecule has 132 valence electrons. The van der Waals surface area contributed by atoms with Crippen molar-refractivity contribution in [1.29, 1.82) is 0 Å². The van der Waals surface area contributed by atoms with Gasteiger partial charge in [0.15, 0.2) is 0 Å². The first kappa shape index (κ1) is 18.1. The summed E-state index contributed by atoms with van der Waals surface area (Å²) in [5.41, 5.74) is -0.439. The van der Waals surface area contributed by atoms with Crippen LogP contribution in [0, 0.1) is 10.1 Å². The number of carbonyl (C=O) groups is 3. The predicted octanol–water partition coefficient (Wildman–Crippen LogP) is 1.72. The number of nitrogens with zero attached hydrogens (tertiary/aromatic N) is 1. The lowest BCUT2D eigenvalue weighted by molar-refractivity contribution is -0.384. The van der Waals surface area contributed by atoms with Crippen molar-refractivity contribution in [3.63, 3.8) is 0 Å². The van der Waals surface area contributed by atoms with E-state index in [1.54, 1.807) is 20.8 Å². The summed E-state index contributed by atoms with van der Waals surface area (Å²) >= 11 is 0. The first-order valence-electron chi connectivity index (χ1n) is 7.38. The lowest BCUT2D eigenvalue weighted by atomic mass is 10.1. The van der Waals surface area contributed by atoms with E-state index in [0.717, 1.165) is 0 Å². The van der Waals surface area contributed by atoms with Gasteiger partial charge in [-0.05, 0) is 26.8 Å². The lowest BCUT2D eigenvalue weighted by Crippen LogP contribution is -2.37. The molecule has 0 spiro atoms. The van der Waals surface area contributed by atoms with Gasteiger partial charge in [-0.25, -0.2) is 0 Å².